The zero-order chi connectivity index (χ0) is 73.0. The Morgan fingerprint density at radius 1 is 0.333 bits per heavy atom. The standard InChI is InChI=1S/C80H152O17P2/c1-8-10-11-12-13-14-15-16-18-24-30-35-40-49-56-64-80(85)97-76(68-91-78(83)62-55-48-43-42-46-53-60-73(7)9-2)70-95-99(88,89)93-66-74(81)65-92-98(86,87)94-69-75(67-90-77(82)61-54-47-39-34-29-26-21-23-28-33-38-45-52-59-72(5)6)96-79(84)63-57-50-41-36-31-25-20-17-19-22-27-32-37-44-51-58-71(3)4/h14-16,18,71-76,81H,8-13,17,19-70H2,1-7H3,(H,86,87)(H,88,89)/b15-14-,18-16-/t73?,74-,75-,76-/m1/s1. The van der Waals surface area contributed by atoms with Gasteiger partial charge in [-0.1, -0.05) is 336 Å². The van der Waals surface area contributed by atoms with Crippen molar-refractivity contribution < 1.29 is 80.2 Å². The molecule has 3 N–H and O–H groups in total. The van der Waals surface area contributed by atoms with E-state index in [4.69, 9.17) is 37.0 Å². The highest BCUT2D eigenvalue weighted by atomic mass is 31.2. The Hall–Kier alpha value is -2.46. The van der Waals surface area contributed by atoms with E-state index in [-0.39, 0.29) is 25.7 Å². The number of ether oxygens (including phenoxy) is 4. The number of rotatable bonds is 76. The van der Waals surface area contributed by atoms with Crippen LogP contribution in [0.5, 0.6) is 0 Å². The summed E-state index contributed by atoms with van der Waals surface area (Å²) in [4.78, 5) is 73.0. The van der Waals surface area contributed by atoms with Gasteiger partial charge < -0.3 is 33.8 Å². The van der Waals surface area contributed by atoms with Gasteiger partial charge in [-0.2, -0.15) is 0 Å². The molecule has 0 bridgehead atoms. The van der Waals surface area contributed by atoms with Crippen LogP contribution in [0.1, 0.15) is 389 Å². The van der Waals surface area contributed by atoms with E-state index in [9.17, 15) is 43.2 Å². The summed E-state index contributed by atoms with van der Waals surface area (Å²) < 4.78 is 68.6. The summed E-state index contributed by atoms with van der Waals surface area (Å²) in [5, 5.41) is 10.6. The predicted molar refractivity (Wildman–Crippen MR) is 404 cm³/mol. The lowest BCUT2D eigenvalue weighted by Gasteiger charge is -2.21. The number of aliphatic hydroxyl groups is 1. The van der Waals surface area contributed by atoms with E-state index in [1.807, 2.05) is 0 Å². The molecular weight excluding hydrogens is 1290 g/mol. The van der Waals surface area contributed by atoms with E-state index in [1.54, 1.807) is 0 Å². The molecule has 0 radical (unpaired) electrons. The number of carbonyl (C=O) groups is 4. The minimum atomic E-state index is -4.97. The van der Waals surface area contributed by atoms with Gasteiger partial charge in [0.1, 0.15) is 19.3 Å². The average molecular weight is 1450 g/mol. The van der Waals surface area contributed by atoms with Gasteiger partial charge in [0.25, 0.3) is 0 Å². The van der Waals surface area contributed by atoms with Crippen LogP contribution in [0, 0.1) is 17.8 Å². The normalized spacial score (nSPS) is 14.4. The summed E-state index contributed by atoms with van der Waals surface area (Å²) >= 11 is 0. The Bertz CT molecular complexity index is 2020. The Kier molecular flexibility index (Phi) is 68.1. The number of carbonyl (C=O) groups excluding carboxylic acids is 4. The van der Waals surface area contributed by atoms with Gasteiger partial charge in [-0.3, -0.25) is 37.3 Å². The Balaban J connectivity index is 5.29. The molecule has 0 fully saturated rings. The molecule has 19 heteroatoms. The Labute approximate surface area is 605 Å². The van der Waals surface area contributed by atoms with E-state index in [1.165, 1.54) is 180 Å². The second-order valence-electron chi connectivity index (χ2n) is 29.3. The third-order valence-corrected chi connectivity index (χ3v) is 20.3. The molecular formula is C80H152O17P2. The molecule has 99 heavy (non-hydrogen) atoms. The van der Waals surface area contributed by atoms with Crippen molar-refractivity contribution in [2.45, 2.75) is 407 Å². The van der Waals surface area contributed by atoms with Gasteiger partial charge >= 0.3 is 39.5 Å². The molecule has 0 aliphatic rings. The lowest BCUT2D eigenvalue weighted by molar-refractivity contribution is -0.161. The number of esters is 4. The molecule has 584 valence electrons. The maximum absolute atomic E-state index is 13.1. The summed E-state index contributed by atoms with van der Waals surface area (Å²) in [7, 11) is -9.93. The van der Waals surface area contributed by atoms with Gasteiger partial charge in [-0.05, 0) is 69.1 Å². The first-order valence-corrected chi connectivity index (χ1v) is 43.7. The first kappa shape index (κ1) is 96.5. The fourth-order valence-electron chi connectivity index (χ4n) is 11.7. The number of unbranched alkanes of at least 4 members (excludes halogenated alkanes) is 40. The SMILES string of the molecule is CCCCCC/C=C\C=C/CCCCCCCC(=O)O[C@H](COC(=O)CCCCCCCCC(C)CC)COP(=O)(O)OC[C@H](O)COP(=O)(O)OC[C@@H](COC(=O)CCCCCCCCCCCCCCCC(C)C)OC(=O)CCCCCCCCCCCCCCCCCC(C)C. The predicted octanol–water partition coefficient (Wildman–Crippen LogP) is 23.3. The lowest BCUT2D eigenvalue weighted by Crippen LogP contribution is -2.30. The molecule has 0 aliphatic heterocycles. The van der Waals surface area contributed by atoms with Crippen molar-refractivity contribution in [2.75, 3.05) is 39.6 Å². The minimum Gasteiger partial charge on any atom is -0.462 e. The summed E-state index contributed by atoms with van der Waals surface area (Å²) in [6.07, 6.45) is 60.5. The van der Waals surface area contributed by atoms with Crippen molar-refractivity contribution in [3.63, 3.8) is 0 Å². The van der Waals surface area contributed by atoms with Crippen LogP contribution in [0.2, 0.25) is 0 Å². The van der Waals surface area contributed by atoms with E-state index in [0.717, 1.165) is 127 Å². The smallest absolute Gasteiger partial charge is 0.462 e. The molecule has 0 saturated heterocycles. The van der Waals surface area contributed by atoms with Gasteiger partial charge in [0.2, 0.25) is 0 Å². The molecule has 0 aliphatic carbocycles. The van der Waals surface area contributed by atoms with E-state index in [0.29, 0.717) is 25.7 Å². The Morgan fingerprint density at radius 3 is 0.899 bits per heavy atom. The molecule has 0 rings (SSSR count). The van der Waals surface area contributed by atoms with Crippen LogP contribution >= 0.6 is 15.6 Å². The fourth-order valence-corrected chi connectivity index (χ4v) is 13.3. The highest BCUT2D eigenvalue weighted by Gasteiger charge is 2.30. The second-order valence-corrected chi connectivity index (χ2v) is 32.2. The van der Waals surface area contributed by atoms with Gasteiger partial charge in [-0.25, -0.2) is 9.13 Å². The maximum Gasteiger partial charge on any atom is 0.472 e. The second kappa shape index (κ2) is 69.9. The highest BCUT2D eigenvalue weighted by Crippen LogP contribution is 2.45. The highest BCUT2D eigenvalue weighted by molar-refractivity contribution is 7.47. The summed E-state index contributed by atoms with van der Waals surface area (Å²) in [6.45, 7) is 11.9. The molecule has 0 spiro atoms. The summed E-state index contributed by atoms with van der Waals surface area (Å²) in [6, 6.07) is 0. The van der Waals surface area contributed by atoms with Crippen LogP contribution in [-0.2, 0) is 65.4 Å². The molecule has 0 saturated carbocycles. The van der Waals surface area contributed by atoms with E-state index >= 15 is 0 Å². The van der Waals surface area contributed by atoms with E-state index in [2.05, 4.69) is 72.8 Å². The average Bonchev–Trinajstić information content (AvgIpc) is 1.26. The van der Waals surface area contributed by atoms with Gasteiger partial charge in [0.15, 0.2) is 12.2 Å². The number of allylic oxidation sites excluding steroid dienone is 4. The van der Waals surface area contributed by atoms with Crippen molar-refractivity contribution in [3.8, 4) is 0 Å². The number of phosphoric ester groups is 2. The molecule has 0 amide bonds. The van der Waals surface area contributed by atoms with Crippen molar-refractivity contribution in [2.24, 2.45) is 17.8 Å². The maximum atomic E-state index is 13.1. The number of hydrogen-bond donors (Lipinski definition) is 3. The first-order chi connectivity index (χ1) is 47.8. The molecule has 6 atom stereocenters. The molecule has 0 aromatic heterocycles. The van der Waals surface area contributed by atoms with Crippen LogP contribution in [0.4, 0.5) is 0 Å². The van der Waals surface area contributed by atoms with Gasteiger partial charge in [0.05, 0.1) is 26.4 Å². The fraction of sp³-hybridized carbons (Fsp3) is 0.900. The third kappa shape index (κ3) is 72.3. The van der Waals surface area contributed by atoms with Crippen molar-refractivity contribution >= 4 is 39.5 Å². The van der Waals surface area contributed by atoms with Gasteiger partial charge in [-0.15, -0.1) is 0 Å². The topological polar surface area (TPSA) is 237 Å². The Morgan fingerprint density at radius 2 is 0.596 bits per heavy atom. The molecule has 0 aromatic rings. The van der Waals surface area contributed by atoms with Crippen LogP contribution in [0.3, 0.4) is 0 Å². The van der Waals surface area contributed by atoms with Crippen LogP contribution in [0.25, 0.3) is 0 Å². The monoisotopic (exact) mass is 1450 g/mol. The molecule has 0 aromatic carbocycles. The van der Waals surface area contributed by atoms with Gasteiger partial charge in [0, 0.05) is 25.7 Å². The number of phosphoric acid groups is 2. The zero-order valence-electron chi connectivity index (χ0n) is 64.4. The van der Waals surface area contributed by atoms with Crippen molar-refractivity contribution in [3.05, 3.63) is 24.3 Å². The minimum absolute atomic E-state index is 0.0840. The lowest BCUT2D eigenvalue weighted by atomic mass is 10.00. The largest absolute Gasteiger partial charge is 0.472 e. The summed E-state index contributed by atoms with van der Waals surface area (Å²) in [5.41, 5.74) is 0. The van der Waals surface area contributed by atoms with Crippen molar-refractivity contribution in [1.82, 2.24) is 0 Å². The number of aliphatic hydroxyl groups excluding tert-OH is 1. The quantitative estimate of drug-likeness (QED) is 0.0169. The molecule has 17 nitrogen and oxygen atoms in total. The zero-order valence-corrected chi connectivity index (χ0v) is 66.2. The summed E-state index contributed by atoms with van der Waals surface area (Å²) in [5.74, 6) is 0.175. The van der Waals surface area contributed by atoms with E-state index < -0.39 is 97.5 Å². The van der Waals surface area contributed by atoms with Crippen LogP contribution < -0.4 is 0 Å². The third-order valence-electron chi connectivity index (χ3n) is 18.4. The van der Waals surface area contributed by atoms with Crippen molar-refractivity contribution in [1.29, 1.82) is 0 Å². The molecule has 0 heterocycles. The van der Waals surface area contributed by atoms with Crippen LogP contribution in [-0.4, -0.2) is 96.7 Å². The van der Waals surface area contributed by atoms with Crippen LogP contribution in [0.15, 0.2) is 24.3 Å². The number of hydrogen-bond acceptors (Lipinski definition) is 15. The molecule has 3 unspecified atom stereocenters. The first-order valence-electron chi connectivity index (χ1n) is 40.7.